The molecule has 1 aliphatic rings. The second-order valence-electron chi connectivity index (χ2n) is 4.62. The Hall–Kier alpha value is -0.0800. The van der Waals surface area contributed by atoms with Gasteiger partial charge >= 0.3 is 0 Å². The van der Waals surface area contributed by atoms with Crippen molar-refractivity contribution in [3.63, 3.8) is 0 Å². The Kier molecular flexibility index (Phi) is 5.49. The lowest BCUT2D eigenvalue weighted by Crippen LogP contribution is -2.15. The first-order chi connectivity index (χ1) is 6.72. The van der Waals surface area contributed by atoms with E-state index in [4.69, 9.17) is 4.74 Å². The molecule has 3 unspecified atom stereocenters. The predicted molar refractivity (Wildman–Crippen MR) is 58.3 cm³/mol. The Balaban J connectivity index is 2.04. The summed E-state index contributed by atoms with van der Waals surface area (Å²) in [6, 6.07) is 0. The third-order valence-electron chi connectivity index (χ3n) is 3.22. The molecule has 2 nitrogen and oxygen atoms in total. The minimum atomic E-state index is -0.117. The van der Waals surface area contributed by atoms with E-state index in [1.807, 2.05) is 0 Å². The molecule has 1 heterocycles. The van der Waals surface area contributed by atoms with Crippen LogP contribution in [0.5, 0.6) is 0 Å². The van der Waals surface area contributed by atoms with Gasteiger partial charge in [-0.15, -0.1) is 0 Å². The first-order valence-corrected chi connectivity index (χ1v) is 6.02. The zero-order valence-corrected chi connectivity index (χ0v) is 9.54. The van der Waals surface area contributed by atoms with Gasteiger partial charge in [0.05, 0.1) is 12.2 Å². The van der Waals surface area contributed by atoms with Gasteiger partial charge in [0.15, 0.2) is 0 Å². The second kappa shape index (κ2) is 6.41. The molecule has 0 aromatic carbocycles. The summed E-state index contributed by atoms with van der Waals surface area (Å²) in [4.78, 5) is 0. The summed E-state index contributed by atoms with van der Waals surface area (Å²) in [6.07, 6.45) is 6.77. The van der Waals surface area contributed by atoms with E-state index in [0.717, 1.165) is 32.3 Å². The Morgan fingerprint density at radius 3 is 2.86 bits per heavy atom. The molecule has 84 valence electrons. The number of rotatable bonds is 6. The van der Waals surface area contributed by atoms with E-state index in [-0.39, 0.29) is 6.10 Å². The third-order valence-corrected chi connectivity index (χ3v) is 3.22. The van der Waals surface area contributed by atoms with Crippen LogP contribution in [0.25, 0.3) is 0 Å². The van der Waals surface area contributed by atoms with Crippen molar-refractivity contribution in [2.24, 2.45) is 5.92 Å². The maximum atomic E-state index is 9.76. The smallest absolute Gasteiger partial charge is 0.0577 e. The van der Waals surface area contributed by atoms with Crippen molar-refractivity contribution in [2.45, 2.75) is 64.6 Å². The average molecular weight is 200 g/mol. The number of aliphatic hydroxyl groups excluding tert-OH is 1. The number of aliphatic hydroxyl groups is 1. The van der Waals surface area contributed by atoms with Crippen molar-refractivity contribution in [3.8, 4) is 0 Å². The number of ether oxygens (including phenoxy) is 1. The van der Waals surface area contributed by atoms with Gasteiger partial charge in [0.2, 0.25) is 0 Å². The van der Waals surface area contributed by atoms with E-state index in [2.05, 4.69) is 13.8 Å². The van der Waals surface area contributed by atoms with Gasteiger partial charge in [0.25, 0.3) is 0 Å². The van der Waals surface area contributed by atoms with Crippen LogP contribution in [0.3, 0.4) is 0 Å². The SMILES string of the molecule is CCC(C)CC(O)CCC1CCCO1. The van der Waals surface area contributed by atoms with E-state index in [1.165, 1.54) is 12.8 Å². The highest BCUT2D eigenvalue weighted by Crippen LogP contribution is 2.20. The van der Waals surface area contributed by atoms with Crippen molar-refractivity contribution in [1.82, 2.24) is 0 Å². The third kappa shape index (κ3) is 4.43. The van der Waals surface area contributed by atoms with Gasteiger partial charge in [-0.1, -0.05) is 20.3 Å². The van der Waals surface area contributed by atoms with Crippen LogP contribution < -0.4 is 0 Å². The molecule has 0 radical (unpaired) electrons. The van der Waals surface area contributed by atoms with Crippen molar-refractivity contribution >= 4 is 0 Å². The summed E-state index contributed by atoms with van der Waals surface area (Å²) in [7, 11) is 0. The molecule has 0 aromatic heterocycles. The Bertz CT molecular complexity index is 141. The fourth-order valence-electron chi connectivity index (χ4n) is 2.00. The Morgan fingerprint density at radius 2 is 2.29 bits per heavy atom. The normalized spacial score (nSPS) is 26.4. The van der Waals surface area contributed by atoms with Crippen LogP contribution in [0.1, 0.15) is 52.4 Å². The van der Waals surface area contributed by atoms with Gasteiger partial charge in [-0.25, -0.2) is 0 Å². The van der Waals surface area contributed by atoms with Crippen LogP contribution >= 0.6 is 0 Å². The minimum Gasteiger partial charge on any atom is -0.393 e. The van der Waals surface area contributed by atoms with E-state index >= 15 is 0 Å². The largest absolute Gasteiger partial charge is 0.393 e. The van der Waals surface area contributed by atoms with Gasteiger partial charge in [-0.2, -0.15) is 0 Å². The first kappa shape index (κ1) is 12.0. The summed E-state index contributed by atoms with van der Waals surface area (Å²) >= 11 is 0. The highest BCUT2D eigenvalue weighted by molar-refractivity contribution is 4.68. The molecule has 1 aliphatic heterocycles. The summed E-state index contributed by atoms with van der Waals surface area (Å²) in [5, 5.41) is 9.76. The summed E-state index contributed by atoms with van der Waals surface area (Å²) in [5.74, 6) is 0.648. The van der Waals surface area contributed by atoms with Crippen LogP contribution in [0.15, 0.2) is 0 Å². The Labute approximate surface area is 87.7 Å². The van der Waals surface area contributed by atoms with E-state index in [1.54, 1.807) is 0 Å². The van der Waals surface area contributed by atoms with Gasteiger partial charge in [-0.05, 0) is 38.0 Å². The van der Waals surface area contributed by atoms with Crippen LogP contribution in [0.2, 0.25) is 0 Å². The molecule has 3 atom stereocenters. The molecular weight excluding hydrogens is 176 g/mol. The quantitative estimate of drug-likeness (QED) is 0.714. The summed E-state index contributed by atoms with van der Waals surface area (Å²) in [6.45, 7) is 5.30. The number of hydrogen-bond donors (Lipinski definition) is 1. The fourth-order valence-corrected chi connectivity index (χ4v) is 2.00. The van der Waals surface area contributed by atoms with Gasteiger partial charge in [0.1, 0.15) is 0 Å². The molecule has 0 bridgehead atoms. The van der Waals surface area contributed by atoms with Crippen molar-refractivity contribution in [1.29, 1.82) is 0 Å². The van der Waals surface area contributed by atoms with Gasteiger partial charge in [0, 0.05) is 6.61 Å². The molecule has 1 fully saturated rings. The van der Waals surface area contributed by atoms with Crippen LogP contribution in [-0.4, -0.2) is 23.9 Å². The van der Waals surface area contributed by atoms with Crippen LogP contribution in [0.4, 0.5) is 0 Å². The lowest BCUT2D eigenvalue weighted by atomic mass is 9.97. The molecule has 1 rings (SSSR count). The molecule has 1 N–H and O–H groups in total. The molecule has 1 saturated heterocycles. The molecule has 0 saturated carbocycles. The minimum absolute atomic E-state index is 0.117. The average Bonchev–Trinajstić information content (AvgIpc) is 2.67. The van der Waals surface area contributed by atoms with E-state index < -0.39 is 0 Å². The summed E-state index contributed by atoms with van der Waals surface area (Å²) in [5.41, 5.74) is 0. The van der Waals surface area contributed by atoms with Gasteiger partial charge < -0.3 is 9.84 Å². The molecule has 2 heteroatoms. The van der Waals surface area contributed by atoms with Crippen molar-refractivity contribution in [3.05, 3.63) is 0 Å². The molecule has 0 aliphatic carbocycles. The monoisotopic (exact) mass is 200 g/mol. The molecule has 0 amide bonds. The van der Waals surface area contributed by atoms with Crippen molar-refractivity contribution < 1.29 is 9.84 Å². The van der Waals surface area contributed by atoms with Crippen LogP contribution in [-0.2, 0) is 4.74 Å². The van der Waals surface area contributed by atoms with E-state index in [9.17, 15) is 5.11 Å². The lowest BCUT2D eigenvalue weighted by molar-refractivity contribution is 0.0741. The highest BCUT2D eigenvalue weighted by atomic mass is 16.5. The maximum absolute atomic E-state index is 9.76. The maximum Gasteiger partial charge on any atom is 0.0577 e. The molecule has 0 spiro atoms. The zero-order valence-electron chi connectivity index (χ0n) is 9.54. The predicted octanol–water partition coefficient (Wildman–Crippen LogP) is 2.74. The second-order valence-corrected chi connectivity index (χ2v) is 4.62. The topological polar surface area (TPSA) is 29.5 Å². The fraction of sp³-hybridized carbons (Fsp3) is 1.00. The molecular formula is C12H24O2. The summed E-state index contributed by atoms with van der Waals surface area (Å²) < 4.78 is 5.52. The lowest BCUT2D eigenvalue weighted by Gasteiger charge is -2.16. The molecule has 14 heavy (non-hydrogen) atoms. The highest BCUT2D eigenvalue weighted by Gasteiger charge is 2.17. The van der Waals surface area contributed by atoms with Crippen LogP contribution in [0, 0.1) is 5.92 Å². The first-order valence-electron chi connectivity index (χ1n) is 6.02. The molecule has 0 aromatic rings. The number of hydrogen-bond acceptors (Lipinski definition) is 2. The van der Waals surface area contributed by atoms with Crippen molar-refractivity contribution in [2.75, 3.05) is 6.61 Å². The van der Waals surface area contributed by atoms with Gasteiger partial charge in [-0.3, -0.25) is 0 Å². The Morgan fingerprint density at radius 1 is 1.50 bits per heavy atom. The zero-order chi connectivity index (χ0) is 10.4. The standard InChI is InChI=1S/C12H24O2/c1-3-10(2)9-11(13)6-7-12-5-4-8-14-12/h10-13H,3-9H2,1-2H3. The van der Waals surface area contributed by atoms with E-state index in [0.29, 0.717) is 12.0 Å².